The minimum Gasteiger partial charge on any atom is -0.411 e. The van der Waals surface area contributed by atoms with E-state index < -0.39 is 3.79 Å². The first-order valence-corrected chi connectivity index (χ1v) is 7.04. The van der Waals surface area contributed by atoms with Crippen LogP contribution in [-0.4, -0.2) is 25.9 Å². The van der Waals surface area contributed by atoms with Crippen LogP contribution in [0.15, 0.2) is 29.4 Å². The highest BCUT2D eigenvalue weighted by molar-refractivity contribution is 6.66. The zero-order valence-corrected chi connectivity index (χ0v) is 13.4. The van der Waals surface area contributed by atoms with E-state index in [2.05, 4.69) is 20.1 Å². The number of halogens is 3. The first kappa shape index (κ1) is 15.9. The third-order valence-electron chi connectivity index (χ3n) is 2.71. The van der Waals surface area contributed by atoms with Crippen molar-refractivity contribution in [2.24, 2.45) is 5.16 Å². The van der Waals surface area contributed by atoms with Crippen LogP contribution in [0.5, 0.6) is 0 Å². The van der Waals surface area contributed by atoms with E-state index in [1.807, 2.05) is 0 Å². The van der Waals surface area contributed by atoms with Gasteiger partial charge in [0.05, 0.1) is 5.71 Å². The number of alkyl halides is 3. The Bertz CT molecular complexity index is 681. The molecule has 2 rings (SSSR count). The zero-order valence-electron chi connectivity index (χ0n) is 11.2. The van der Waals surface area contributed by atoms with Crippen molar-refractivity contribution in [3.8, 4) is 11.4 Å². The van der Waals surface area contributed by atoms with Gasteiger partial charge in [-0.05, 0) is 19.4 Å². The highest BCUT2D eigenvalue weighted by atomic mass is 35.6. The van der Waals surface area contributed by atoms with Gasteiger partial charge in [0.15, 0.2) is 11.6 Å². The third-order valence-corrected chi connectivity index (χ3v) is 3.22. The molecule has 0 aliphatic heterocycles. The maximum absolute atomic E-state index is 8.75. The summed E-state index contributed by atoms with van der Waals surface area (Å²) in [5.41, 5.74) is 2.04. The summed E-state index contributed by atoms with van der Waals surface area (Å²) in [6.07, 6.45) is 0. The van der Waals surface area contributed by atoms with Gasteiger partial charge < -0.3 is 5.21 Å². The minimum absolute atomic E-state index is 0.0761. The molecule has 0 unspecified atom stereocenters. The molecule has 0 radical (unpaired) electrons. The van der Waals surface area contributed by atoms with Crippen LogP contribution < -0.4 is 0 Å². The molecule has 0 amide bonds. The van der Waals surface area contributed by atoms with Crippen molar-refractivity contribution in [2.75, 3.05) is 0 Å². The maximum atomic E-state index is 8.75. The van der Waals surface area contributed by atoms with Gasteiger partial charge in [0.25, 0.3) is 0 Å². The fraction of sp³-hybridized carbons (Fsp3) is 0.231. The quantitative estimate of drug-likeness (QED) is 0.388. The number of nitrogens with zero attached hydrogens (tertiary/aromatic N) is 4. The Morgan fingerprint density at radius 2 is 1.71 bits per heavy atom. The lowest BCUT2D eigenvalue weighted by atomic mass is 10.1. The number of oxime groups is 1. The van der Waals surface area contributed by atoms with Crippen LogP contribution in [0.25, 0.3) is 11.4 Å². The molecule has 0 aliphatic carbocycles. The molecule has 0 saturated heterocycles. The van der Waals surface area contributed by atoms with Crippen LogP contribution in [0.2, 0.25) is 0 Å². The minimum atomic E-state index is -1.71. The molecule has 5 nitrogen and oxygen atoms in total. The van der Waals surface area contributed by atoms with E-state index in [9.17, 15) is 0 Å². The lowest BCUT2D eigenvalue weighted by Gasteiger charge is -2.11. The normalized spacial score (nSPS) is 12.5. The number of hydrogen-bond acceptors (Lipinski definition) is 5. The molecule has 1 heterocycles. The van der Waals surface area contributed by atoms with Crippen molar-refractivity contribution >= 4 is 40.5 Å². The molecule has 0 fully saturated rings. The van der Waals surface area contributed by atoms with Crippen LogP contribution in [-0.2, 0) is 3.79 Å². The molecule has 21 heavy (non-hydrogen) atoms. The van der Waals surface area contributed by atoms with Gasteiger partial charge in [-0.3, -0.25) is 0 Å². The summed E-state index contributed by atoms with van der Waals surface area (Å²) in [6, 6.07) is 7.17. The van der Waals surface area contributed by atoms with Gasteiger partial charge in [0.1, 0.15) is 5.82 Å². The highest BCUT2D eigenvalue weighted by Crippen LogP contribution is 2.36. The van der Waals surface area contributed by atoms with Crippen LogP contribution in [0.3, 0.4) is 0 Å². The monoisotopic (exact) mass is 344 g/mol. The molecular formula is C13H11Cl3N4O. The number of rotatable bonds is 2. The van der Waals surface area contributed by atoms with Gasteiger partial charge in [-0.15, -0.1) is 0 Å². The largest absolute Gasteiger partial charge is 0.411 e. The topological polar surface area (TPSA) is 71.3 Å². The van der Waals surface area contributed by atoms with E-state index in [0.29, 0.717) is 17.4 Å². The summed E-state index contributed by atoms with van der Waals surface area (Å²) in [7, 11) is 0. The molecule has 0 spiro atoms. The molecule has 1 N–H and O–H groups in total. The van der Waals surface area contributed by atoms with Crippen molar-refractivity contribution in [2.45, 2.75) is 17.6 Å². The van der Waals surface area contributed by atoms with Crippen LogP contribution in [0, 0.1) is 6.92 Å². The Hall–Kier alpha value is -1.43. The van der Waals surface area contributed by atoms with Gasteiger partial charge in [0.2, 0.25) is 3.79 Å². The van der Waals surface area contributed by atoms with Gasteiger partial charge in [-0.2, -0.15) is 0 Å². The summed E-state index contributed by atoms with van der Waals surface area (Å²) in [5, 5.41) is 11.9. The van der Waals surface area contributed by atoms with E-state index in [1.54, 1.807) is 38.1 Å². The van der Waals surface area contributed by atoms with Gasteiger partial charge in [-0.25, -0.2) is 15.0 Å². The Labute approximate surface area is 136 Å². The fourth-order valence-electron chi connectivity index (χ4n) is 1.66. The molecule has 1 aromatic carbocycles. The van der Waals surface area contributed by atoms with E-state index in [0.717, 1.165) is 11.1 Å². The van der Waals surface area contributed by atoms with Crippen molar-refractivity contribution in [1.82, 2.24) is 15.0 Å². The van der Waals surface area contributed by atoms with E-state index in [-0.39, 0.29) is 5.82 Å². The first-order valence-electron chi connectivity index (χ1n) is 5.90. The SMILES string of the molecule is C/C(=N/O)c1ccc(-c2nc(C)nc(C(Cl)(Cl)Cl)n2)cc1. The van der Waals surface area contributed by atoms with E-state index in [4.69, 9.17) is 40.0 Å². The second-order valence-electron chi connectivity index (χ2n) is 4.29. The van der Waals surface area contributed by atoms with Gasteiger partial charge in [-0.1, -0.05) is 64.2 Å². The van der Waals surface area contributed by atoms with Crippen LogP contribution in [0.1, 0.15) is 24.1 Å². The second-order valence-corrected chi connectivity index (χ2v) is 6.57. The summed E-state index contributed by atoms with van der Waals surface area (Å²) in [4.78, 5) is 12.4. The predicted molar refractivity (Wildman–Crippen MR) is 83.2 cm³/mol. The molecule has 110 valence electrons. The lowest BCUT2D eigenvalue weighted by Crippen LogP contribution is -2.11. The summed E-state index contributed by atoms with van der Waals surface area (Å²) in [6.45, 7) is 3.39. The van der Waals surface area contributed by atoms with Crippen molar-refractivity contribution in [3.63, 3.8) is 0 Å². The number of benzene rings is 1. The average molecular weight is 346 g/mol. The number of hydrogen-bond donors (Lipinski definition) is 1. The number of aryl methyl sites for hydroxylation is 1. The standard InChI is InChI=1S/C13H11Cl3N4O/c1-7(20-21)9-3-5-10(6-4-9)11-17-8(2)18-12(19-11)13(14,15)16/h3-6,21H,1-2H3/b20-7-. The lowest BCUT2D eigenvalue weighted by molar-refractivity contribution is 0.319. The smallest absolute Gasteiger partial charge is 0.250 e. The van der Waals surface area contributed by atoms with Crippen molar-refractivity contribution < 1.29 is 5.21 Å². The summed E-state index contributed by atoms with van der Waals surface area (Å²) in [5.74, 6) is 0.944. The fourth-order valence-corrected chi connectivity index (χ4v) is 1.91. The summed E-state index contributed by atoms with van der Waals surface area (Å²) >= 11 is 17.4. The Balaban J connectivity index is 2.45. The van der Waals surface area contributed by atoms with Crippen LogP contribution in [0.4, 0.5) is 0 Å². The average Bonchev–Trinajstić information content (AvgIpc) is 2.45. The zero-order chi connectivity index (χ0) is 15.6. The first-order chi connectivity index (χ1) is 9.81. The predicted octanol–water partition coefficient (Wildman–Crippen LogP) is 3.87. The highest BCUT2D eigenvalue weighted by Gasteiger charge is 2.27. The molecular weight excluding hydrogens is 335 g/mol. The van der Waals surface area contributed by atoms with Crippen molar-refractivity contribution in [3.05, 3.63) is 41.5 Å². The van der Waals surface area contributed by atoms with Crippen LogP contribution >= 0.6 is 34.8 Å². The van der Waals surface area contributed by atoms with E-state index >= 15 is 0 Å². The van der Waals surface area contributed by atoms with E-state index in [1.165, 1.54) is 0 Å². The molecule has 2 aromatic rings. The Kier molecular flexibility index (Phi) is 4.66. The summed E-state index contributed by atoms with van der Waals surface area (Å²) < 4.78 is -1.71. The molecule has 1 aromatic heterocycles. The maximum Gasteiger partial charge on any atom is 0.250 e. The Morgan fingerprint density at radius 3 is 2.24 bits per heavy atom. The Morgan fingerprint density at radius 1 is 1.10 bits per heavy atom. The molecule has 8 heteroatoms. The molecule has 0 bridgehead atoms. The second kappa shape index (κ2) is 6.13. The number of aromatic nitrogens is 3. The molecule has 0 atom stereocenters. The third kappa shape index (κ3) is 3.81. The molecule has 0 aliphatic rings. The van der Waals surface area contributed by atoms with Gasteiger partial charge >= 0.3 is 0 Å². The van der Waals surface area contributed by atoms with Crippen molar-refractivity contribution in [1.29, 1.82) is 0 Å². The molecule has 0 saturated carbocycles. The van der Waals surface area contributed by atoms with Gasteiger partial charge in [0, 0.05) is 5.56 Å².